The van der Waals surface area contributed by atoms with Gasteiger partial charge < -0.3 is 69.4 Å². The highest BCUT2D eigenvalue weighted by atomic mass is 16.3. The number of nitrogens with two attached hydrogens (primary N) is 3. The number of H-pyrrole nitrogens is 1. The average Bonchev–Trinajstić information content (AvgIpc) is 4.16. The zero-order valence-electron chi connectivity index (χ0n) is 48.5. The Bertz CT molecular complexity index is 2630. The first-order chi connectivity index (χ1) is 40.0. The van der Waals surface area contributed by atoms with Crippen LogP contribution in [0.3, 0.4) is 0 Å². The third-order valence-electron chi connectivity index (χ3n) is 15.3. The van der Waals surface area contributed by atoms with Crippen LogP contribution < -0.4 is 54.4 Å². The van der Waals surface area contributed by atoms with E-state index in [9.17, 15) is 48.3 Å². The third kappa shape index (κ3) is 22.3. The fraction of sp³-hybridized carbons (Fsp3) is 0.600. The highest BCUT2D eigenvalue weighted by Gasteiger charge is 2.45. The van der Waals surface area contributed by atoms with Crippen LogP contribution in [0.2, 0.25) is 0 Å². The first-order valence-electron chi connectivity index (χ1n) is 30.0. The van der Waals surface area contributed by atoms with Crippen molar-refractivity contribution in [2.24, 2.45) is 22.2 Å². The molecule has 23 nitrogen and oxygen atoms in total. The number of aliphatic hydroxyl groups is 1. The van der Waals surface area contributed by atoms with E-state index in [1.165, 1.54) is 25.7 Å². The predicted molar refractivity (Wildman–Crippen MR) is 316 cm³/mol. The van der Waals surface area contributed by atoms with Crippen LogP contribution in [0.25, 0.3) is 10.9 Å². The Labute approximate surface area is 487 Å². The van der Waals surface area contributed by atoms with Crippen molar-refractivity contribution in [3.63, 3.8) is 0 Å². The number of hydrogen-bond donors (Lipinski definition) is 12. The number of aromatic amines is 1. The lowest BCUT2D eigenvalue weighted by molar-refractivity contribution is -0.144. The molecule has 2 aromatic carbocycles. The van der Waals surface area contributed by atoms with Crippen molar-refractivity contribution in [3.8, 4) is 0 Å². The number of carbonyl (C=O) groups excluding carboxylic acids is 9. The number of guanidine groups is 1. The summed E-state index contributed by atoms with van der Waals surface area (Å²) >= 11 is 0. The highest BCUT2D eigenvalue weighted by molar-refractivity contribution is 5.98. The van der Waals surface area contributed by atoms with E-state index >= 15 is 0 Å². The molecule has 0 unspecified atom stereocenters. The summed E-state index contributed by atoms with van der Waals surface area (Å²) in [6, 6.07) is 6.80. The first-order valence-corrected chi connectivity index (χ1v) is 30.0. The van der Waals surface area contributed by atoms with E-state index in [2.05, 4.69) is 54.1 Å². The van der Waals surface area contributed by atoms with E-state index in [1.54, 1.807) is 36.5 Å². The number of rotatable bonds is 25. The number of nitrogens with one attached hydrogen (secondary N) is 8. The molecule has 9 amide bonds. The van der Waals surface area contributed by atoms with Gasteiger partial charge in [0.25, 0.3) is 0 Å². The number of amides is 9. The SMILES string of the molecule is CCCCCCCCCCCC(=O)N[C@@H](CCCC)C(=O)N[C@H]1CCC(=O)NCCCC[C@@H](C(N)=O)NC(=O)[C@H](Cc2c[nH]c3ccccc23)NC(=O)[C@H](CCCN=C(N)N)NC(=O)[C@@H](Cc2ccccc2)NC(=O)[C@@H]2[C@@H](O)CCN2C1=O. The summed E-state index contributed by atoms with van der Waals surface area (Å²) < 4.78 is 0. The Hall–Kier alpha value is -7.56. The highest BCUT2D eigenvalue weighted by Crippen LogP contribution is 2.23. The molecular weight excluding hydrogens is 1060 g/mol. The largest absolute Gasteiger partial charge is 0.390 e. The fourth-order valence-corrected chi connectivity index (χ4v) is 10.6. The standard InChI is InChI=1S/C60H91N13O10/c1-3-5-7-8-9-10-11-12-16-29-51(76)67-44(25-6-4-2)54(78)70-46-30-31-50(75)64-33-20-19-27-43(53(61)77)68-57(81)48(37-40-38-66-42-26-18-17-24-41(40)42)71-55(79)45(28-21-34-65-60(62)63)69-56(80)47(36-39-22-14-13-15-23-39)72-58(82)52-49(74)32-35-73(52)59(46)83/h13-15,17-18,22-24,26,38,43-49,52,66,74H,3-12,16,19-21,25,27-37H2,1-2H3,(H2,61,77)(H,64,75)(H,67,76)(H,68,81)(H,69,80)(H,70,78)(H,71,79)(H,72,82)(H4,62,63,65)/t43-,44-,45-,46-,47+,48-,49-,52-/m0/s1. The van der Waals surface area contributed by atoms with Gasteiger partial charge in [-0.05, 0) is 75.0 Å². The van der Waals surface area contributed by atoms with Gasteiger partial charge in [-0.3, -0.25) is 48.1 Å². The summed E-state index contributed by atoms with van der Waals surface area (Å²) in [5, 5.41) is 31.8. The molecule has 23 heteroatoms. The number of primary amides is 1. The first kappa shape index (κ1) is 66.2. The van der Waals surface area contributed by atoms with Crippen LogP contribution in [0, 0.1) is 0 Å². The van der Waals surface area contributed by atoms with Crippen molar-refractivity contribution in [3.05, 3.63) is 71.9 Å². The number of aliphatic hydroxyl groups excluding tert-OH is 1. The Morgan fingerprint density at radius 2 is 1.35 bits per heavy atom. The molecule has 2 saturated heterocycles. The summed E-state index contributed by atoms with van der Waals surface area (Å²) in [5.41, 5.74) is 19.1. The molecule has 456 valence electrons. The van der Waals surface area contributed by atoms with Crippen molar-refractivity contribution < 1.29 is 48.3 Å². The Morgan fingerprint density at radius 1 is 0.711 bits per heavy atom. The van der Waals surface area contributed by atoms with Crippen LogP contribution >= 0.6 is 0 Å². The molecule has 0 radical (unpaired) electrons. The van der Waals surface area contributed by atoms with Gasteiger partial charge in [-0.2, -0.15) is 0 Å². The molecule has 2 aliphatic rings. The minimum Gasteiger partial charge on any atom is -0.390 e. The summed E-state index contributed by atoms with van der Waals surface area (Å²) in [6.07, 6.45) is 11.8. The molecule has 5 rings (SSSR count). The maximum absolute atomic E-state index is 14.9. The molecule has 0 aliphatic carbocycles. The predicted octanol–water partition coefficient (Wildman–Crippen LogP) is 2.55. The summed E-state index contributed by atoms with van der Waals surface area (Å²) in [6.45, 7) is 4.20. The van der Waals surface area contributed by atoms with Gasteiger partial charge in [0.2, 0.25) is 53.2 Å². The third-order valence-corrected chi connectivity index (χ3v) is 15.3. The number of carbonyl (C=O) groups is 9. The van der Waals surface area contributed by atoms with Gasteiger partial charge in [-0.15, -0.1) is 0 Å². The molecule has 2 aliphatic heterocycles. The molecular formula is C60H91N13O10. The number of fused-ring (bicyclic) bond motifs is 2. The summed E-state index contributed by atoms with van der Waals surface area (Å²) in [5.74, 6) is -6.49. The number of benzene rings is 2. The topological polar surface area (TPSA) is 368 Å². The van der Waals surface area contributed by atoms with Crippen molar-refractivity contribution in [2.75, 3.05) is 19.6 Å². The van der Waals surface area contributed by atoms with Crippen LogP contribution in [0.5, 0.6) is 0 Å². The molecule has 3 heterocycles. The van der Waals surface area contributed by atoms with Crippen molar-refractivity contribution in [2.45, 2.75) is 210 Å². The second kappa shape index (κ2) is 35.4. The molecule has 0 saturated carbocycles. The van der Waals surface area contributed by atoms with Crippen LogP contribution in [-0.2, 0) is 56.0 Å². The lowest BCUT2D eigenvalue weighted by Gasteiger charge is -2.32. The maximum Gasteiger partial charge on any atom is 0.246 e. The van der Waals surface area contributed by atoms with E-state index in [0.29, 0.717) is 43.2 Å². The van der Waals surface area contributed by atoms with Gasteiger partial charge in [0, 0.05) is 62.4 Å². The van der Waals surface area contributed by atoms with Crippen LogP contribution in [0.15, 0.2) is 65.8 Å². The van der Waals surface area contributed by atoms with Crippen LogP contribution in [0.1, 0.15) is 160 Å². The quantitative estimate of drug-likeness (QED) is 0.0331. The van der Waals surface area contributed by atoms with Crippen molar-refractivity contribution in [1.29, 1.82) is 0 Å². The van der Waals surface area contributed by atoms with Gasteiger partial charge in [0.15, 0.2) is 5.96 Å². The molecule has 3 aromatic rings. The van der Waals surface area contributed by atoms with Crippen molar-refractivity contribution in [1.82, 2.24) is 47.1 Å². The monoisotopic (exact) mass is 1150 g/mol. The zero-order chi connectivity index (χ0) is 60.1. The van der Waals surface area contributed by atoms with E-state index in [0.717, 1.165) is 41.5 Å². The normalized spacial score (nSPS) is 22.2. The number of aliphatic imine (C=N–C) groups is 1. The van der Waals surface area contributed by atoms with Gasteiger partial charge in [-0.25, -0.2) is 0 Å². The molecule has 2 fully saturated rings. The van der Waals surface area contributed by atoms with Gasteiger partial charge in [0.1, 0.15) is 42.3 Å². The zero-order valence-corrected chi connectivity index (χ0v) is 48.5. The fourth-order valence-electron chi connectivity index (χ4n) is 10.6. The van der Waals surface area contributed by atoms with Crippen molar-refractivity contribution >= 4 is 70.0 Å². The maximum atomic E-state index is 14.9. The van der Waals surface area contributed by atoms with Crippen LogP contribution in [-0.4, -0.2) is 142 Å². The van der Waals surface area contributed by atoms with E-state index in [4.69, 9.17) is 17.2 Å². The smallest absolute Gasteiger partial charge is 0.246 e. The Balaban J connectivity index is 1.45. The summed E-state index contributed by atoms with van der Waals surface area (Å²) in [7, 11) is 0. The average molecular weight is 1150 g/mol. The Kier molecular flexibility index (Phi) is 28.3. The Morgan fingerprint density at radius 3 is 2.06 bits per heavy atom. The molecule has 1 aromatic heterocycles. The molecule has 83 heavy (non-hydrogen) atoms. The van der Waals surface area contributed by atoms with Gasteiger partial charge in [-0.1, -0.05) is 127 Å². The molecule has 0 bridgehead atoms. The molecule has 0 spiro atoms. The second-order valence-electron chi connectivity index (χ2n) is 22.0. The van der Waals surface area contributed by atoms with E-state index in [-0.39, 0.29) is 95.7 Å². The minimum atomic E-state index is -1.56. The lowest BCUT2D eigenvalue weighted by Crippen LogP contribution is -2.61. The molecule has 8 atom stereocenters. The van der Waals surface area contributed by atoms with Gasteiger partial charge >= 0.3 is 0 Å². The molecule has 15 N–H and O–H groups in total. The van der Waals surface area contributed by atoms with E-state index in [1.807, 2.05) is 31.2 Å². The van der Waals surface area contributed by atoms with Gasteiger partial charge in [0.05, 0.1) is 6.10 Å². The number of para-hydroxylation sites is 1. The number of unbranched alkanes of at least 4 members (excludes halogenated alkanes) is 9. The number of nitrogens with zero attached hydrogens (tertiary/aromatic N) is 2. The number of hydrogen-bond acceptors (Lipinski definition) is 11. The lowest BCUT2D eigenvalue weighted by atomic mass is 10.0. The second-order valence-corrected chi connectivity index (χ2v) is 22.0. The summed E-state index contributed by atoms with van der Waals surface area (Å²) in [4.78, 5) is 136. The minimum absolute atomic E-state index is 0.0451. The van der Waals surface area contributed by atoms with Crippen LogP contribution in [0.4, 0.5) is 0 Å². The number of aromatic nitrogens is 1. The van der Waals surface area contributed by atoms with E-state index < -0.39 is 95.7 Å².